The number of aromatic amines is 1. The molecule has 0 bridgehead atoms. The summed E-state index contributed by atoms with van der Waals surface area (Å²) in [6, 6.07) is -1.27. The van der Waals surface area contributed by atoms with E-state index in [1.54, 1.807) is 12.4 Å². The van der Waals surface area contributed by atoms with E-state index in [2.05, 4.69) is 20.6 Å². The molecule has 0 aliphatic heterocycles. The van der Waals surface area contributed by atoms with Crippen LogP contribution in [0.25, 0.3) is 0 Å². The van der Waals surface area contributed by atoms with Gasteiger partial charge < -0.3 is 20.7 Å². The molecule has 1 heterocycles. The van der Waals surface area contributed by atoms with E-state index in [-0.39, 0.29) is 0 Å². The number of H-pyrrole nitrogens is 1. The standard InChI is InChI=1S/C12H20N4O3/c1-2-4-9(11(17)18)16-12(19)15-6-3-5-10-13-7-8-14-10/h7-9H,2-6H2,1H3,(H,13,14)(H,17,18)(H2,15,16,19). The summed E-state index contributed by atoms with van der Waals surface area (Å²) in [5, 5.41) is 14.0. The highest BCUT2D eigenvalue weighted by atomic mass is 16.4. The predicted molar refractivity (Wildman–Crippen MR) is 69.8 cm³/mol. The van der Waals surface area contributed by atoms with Gasteiger partial charge in [-0.3, -0.25) is 0 Å². The summed E-state index contributed by atoms with van der Waals surface area (Å²) in [7, 11) is 0. The van der Waals surface area contributed by atoms with Crippen molar-refractivity contribution in [2.75, 3.05) is 6.54 Å². The molecular weight excluding hydrogens is 248 g/mol. The number of carbonyl (C=O) groups excluding carboxylic acids is 1. The number of hydrogen-bond acceptors (Lipinski definition) is 3. The number of urea groups is 1. The van der Waals surface area contributed by atoms with Gasteiger partial charge in [0.2, 0.25) is 0 Å². The lowest BCUT2D eigenvalue weighted by Gasteiger charge is -2.14. The normalized spacial score (nSPS) is 11.8. The fraction of sp³-hybridized carbons (Fsp3) is 0.583. The van der Waals surface area contributed by atoms with Crippen molar-refractivity contribution in [2.45, 2.75) is 38.6 Å². The van der Waals surface area contributed by atoms with Gasteiger partial charge in [0.05, 0.1) is 0 Å². The molecular formula is C12H20N4O3. The molecule has 1 atom stereocenters. The first-order chi connectivity index (χ1) is 9.13. The molecule has 7 heteroatoms. The molecule has 4 N–H and O–H groups in total. The van der Waals surface area contributed by atoms with Crippen molar-refractivity contribution >= 4 is 12.0 Å². The Morgan fingerprint density at radius 2 is 2.32 bits per heavy atom. The van der Waals surface area contributed by atoms with Gasteiger partial charge in [-0.2, -0.15) is 0 Å². The summed E-state index contributed by atoms with van der Waals surface area (Å²) in [5.74, 6) is -0.135. The number of aryl methyl sites for hydroxylation is 1. The van der Waals surface area contributed by atoms with Crippen molar-refractivity contribution in [3.63, 3.8) is 0 Å². The number of aliphatic carboxylic acids is 1. The van der Waals surface area contributed by atoms with Crippen LogP contribution in [-0.2, 0) is 11.2 Å². The molecule has 7 nitrogen and oxygen atoms in total. The maximum atomic E-state index is 11.5. The first kappa shape index (κ1) is 15.0. The van der Waals surface area contributed by atoms with Crippen molar-refractivity contribution in [3.8, 4) is 0 Å². The van der Waals surface area contributed by atoms with Gasteiger partial charge in [-0.25, -0.2) is 14.6 Å². The minimum Gasteiger partial charge on any atom is -0.480 e. The largest absolute Gasteiger partial charge is 0.480 e. The summed E-state index contributed by atoms with van der Waals surface area (Å²) < 4.78 is 0. The Morgan fingerprint density at radius 3 is 2.89 bits per heavy atom. The van der Waals surface area contributed by atoms with Gasteiger partial charge in [0.1, 0.15) is 11.9 Å². The van der Waals surface area contributed by atoms with Crippen LogP contribution in [0.3, 0.4) is 0 Å². The Labute approximate surface area is 111 Å². The van der Waals surface area contributed by atoms with Crippen LogP contribution in [0.15, 0.2) is 12.4 Å². The Bertz CT molecular complexity index is 392. The van der Waals surface area contributed by atoms with Crippen LogP contribution in [0.4, 0.5) is 4.79 Å². The lowest BCUT2D eigenvalue weighted by molar-refractivity contribution is -0.139. The molecule has 0 saturated heterocycles. The molecule has 0 fully saturated rings. The Morgan fingerprint density at radius 1 is 1.53 bits per heavy atom. The molecule has 1 rings (SSSR count). The summed E-state index contributed by atoms with van der Waals surface area (Å²) in [6.07, 6.45) is 6.04. The maximum Gasteiger partial charge on any atom is 0.326 e. The quantitative estimate of drug-likeness (QED) is 0.525. The zero-order valence-corrected chi connectivity index (χ0v) is 11.0. The number of carbonyl (C=O) groups is 2. The lowest BCUT2D eigenvalue weighted by Crippen LogP contribution is -2.46. The molecule has 1 aromatic rings. The highest BCUT2D eigenvalue weighted by Crippen LogP contribution is 1.97. The van der Waals surface area contributed by atoms with Crippen LogP contribution in [0.1, 0.15) is 32.0 Å². The molecule has 106 valence electrons. The Kier molecular flexibility index (Phi) is 6.42. The van der Waals surface area contributed by atoms with Crippen molar-refractivity contribution in [1.82, 2.24) is 20.6 Å². The van der Waals surface area contributed by atoms with E-state index in [1.807, 2.05) is 6.92 Å². The van der Waals surface area contributed by atoms with E-state index < -0.39 is 18.0 Å². The molecule has 0 aliphatic carbocycles. The number of imidazole rings is 1. The van der Waals surface area contributed by atoms with Crippen molar-refractivity contribution in [2.24, 2.45) is 0 Å². The number of hydrogen-bond donors (Lipinski definition) is 4. The van der Waals surface area contributed by atoms with E-state index >= 15 is 0 Å². The van der Waals surface area contributed by atoms with Crippen LogP contribution in [-0.4, -0.2) is 39.7 Å². The Balaban J connectivity index is 2.17. The molecule has 2 amide bonds. The maximum absolute atomic E-state index is 11.5. The first-order valence-corrected chi connectivity index (χ1v) is 6.39. The van der Waals surface area contributed by atoms with E-state index in [9.17, 15) is 9.59 Å². The van der Waals surface area contributed by atoms with Gasteiger partial charge in [0, 0.05) is 25.4 Å². The van der Waals surface area contributed by atoms with Gasteiger partial charge in [0.25, 0.3) is 0 Å². The average molecular weight is 268 g/mol. The number of nitrogens with one attached hydrogen (secondary N) is 3. The molecule has 0 aliphatic rings. The number of amides is 2. The van der Waals surface area contributed by atoms with Crippen molar-refractivity contribution in [1.29, 1.82) is 0 Å². The van der Waals surface area contributed by atoms with Gasteiger partial charge in [-0.15, -0.1) is 0 Å². The van der Waals surface area contributed by atoms with Crippen molar-refractivity contribution in [3.05, 3.63) is 18.2 Å². The van der Waals surface area contributed by atoms with E-state index in [0.717, 1.165) is 18.7 Å². The topological polar surface area (TPSA) is 107 Å². The van der Waals surface area contributed by atoms with Crippen LogP contribution in [0.2, 0.25) is 0 Å². The van der Waals surface area contributed by atoms with E-state index in [1.165, 1.54) is 0 Å². The second-order valence-corrected chi connectivity index (χ2v) is 4.22. The highest BCUT2D eigenvalue weighted by Gasteiger charge is 2.18. The summed E-state index contributed by atoms with van der Waals surface area (Å²) in [6.45, 7) is 2.35. The molecule has 1 aromatic heterocycles. The zero-order valence-electron chi connectivity index (χ0n) is 11.0. The number of aromatic nitrogens is 2. The smallest absolute Gasteiger partial charge is 0.326 e. The van der Waals surface area contributed by atoms with Crippen LogP contribution >= 0.6 is 0 Å². The van der Waals surface area contributed by atoms with Gasteiger partial charge in [-0.1, -0.05) is 13.3 Å². The molecule has 19 heavy (non-hydrogen) atoms. The minimum absolute atomic E-state index is 0.426. The summed E-state index contributed by atoms with van der Waals surface area (Å²) in [4.78, 5) is 29.4. The number of rotatable bonds is 8. The molecule has 0 aromatic carbocycles. The third-order valence-electron chi connectivity index (χ3n) is 2.61. The number of nitrogens with zero attached hydrogens (tertiary/aromatic N) is 1. The van der Waals surface area contributed by atoms with Crippen LogP contribution < -0.4 is 10.6 Å². The molecule has 0 saturated carbocycles. The second-order valence-electron chi connectivity index (χ2n) is 4.22. The molecule has 1 unspecified atom stereocenters. The van der Waals surface area contributed by atoms with Gasteiger partial charge in [0.15, 0.2) is 0 Å². The third kappa shape index (κ3) is 5.89. The van der Waals surface area contributed by atoms with Gasteiger partial charge >= 0.3 is 12.0 Å². The van der Waals surface area contributed by atoms with Gasteiger partial charge in [-0.05, 0) is 12.8 Å². The number of carboxylic acids is 1. The molecule has 0 spiro atoms. The lowest BCUT2D eigenvalue weighted by atomic mass is 10.2. The second kappa shape index (κ2) is 8.12. The van der Waals surface area contributed by atoms with E-state index in [4.69, 9.17) is 5.11 Å². The first-order valence-electron chi connectivity index (χ1n) is 6.39. The monoisotopic (exact) mass is 268 g/mol. The number of carboxylic acid groups (broad SMARTS) is 1. The third-order valence-corrected chi connectivity index (χ3v) is 2.61. The summed E-state index contributed by atoms with van der Waals surface area (Å²) in [5.41, 5.74) is 0. The zero-order chi connectivity index (χ0) is 14.1. The van der Waals surface area contributed by atoms with Crippen LogP contribution in [0, 0.1) is 0 Å². The molecule has 0 radical (unpaired) electrons. The average Bonchev–Trinajstić information content (AvgIpc) is 2.87. The Hall–Kier alpha value is -2.05. The summed E-state index contributed by atoms with van der Waals surface area (Å²) >= 11 is 0. The highest BCUT2D eigenvalue weighted by molar-refractivity contribution is 5.82. The SMILES string of the molecule is CCCC(NC(=O)NCCCc1ncc[nH]1)C(=O)O. The fourth-order valence-electron chi connectivity index (χ4n) is 1.65. The van der Waals surface area contributed by atoms with Crippen molar-refractivity contribution < 1.29 is 14.7 Å². The van der Waals surface area contributed by atoms with E-state index in [0.29, 0.717) is 19.4 Å². The minimum atomic E-state index is -1.01. The predicted octanol–water partition coefficient (Wildman–Crippen LogP) is 0.895. The van der Waals surface area contributed by atoms with Crippen LogP contribution in [0.5, 0.6) is 0 Å². The fourth-order valence-corrected chi connectivity index (χ4v) is 1.65.